The van der Waals surface area contributed by atoms with E-state index in [0.717, 1.165) is 36.9 Å². The van der Waals surface area contributed by atoms with Crippen molar-refractivity contribution in [2.45, 2.75) is 30.5 Å². The minimum Gasteiger partial charge on any atom is -0.346 e. The van der Waals surface area contributed by atoms with Crippen LogP contribution in [-0.4, -0.2) is 46.6 Å². The fraction of sp³-hybridized carbons (Fsp3) is 0.562. The number of rotatable bonds is 6. The zero-order chi connectivity index (χ0) is 16.9. The Kier molecular flexibility index (Phi) is 5.91. The highest BCUT2D eigenvalue weighted by molar-refractivity contribution is 7.98. The summed E-state index contributed by atoms with van der Waals surface area (Å²) in [5.74, 6) is 1.56. The number of nitrogens with one attached hydrogen (secondary N) is 2. The number of hydrogen-bond donors (Lipinski definition) is 2. The number of likely N-dealkylation sites (tertiary alicyclic amines) is 1. The molecule has 1 saturated heterocycles. The van der Waals surface area contributed by atoms with Crippen LogP contribution in [0.2, 0.25) is 0 Å². The SMILES string of the molecule is CSc1nnc([C@@H]2CCC[NH+](CC(=O)NCc3cccs3)C2)n1C. The first-order valence-electron chi connectivity index (χ1n) is 8.23. The van der Waals surface area contributed by atoms with Crippen molar-refractivity contribution in [3.63, 3.8) is 0 Å². The van der Waals surface area contributed by atoms with Gasteiger partial charge in [0, 0.05) is 11.9 Å². The van der Waals surface area contributed by atoms with Gasteiger partial charge in [-0.05, 0) is 30.5 Å². The largest absolute Gasteiger partial charge is 0.346 e. The van der Waals surface area contributed by atoms with Gasteiger partial charge in [-0.3, -0.25) is 4.79 Å². The number of thiophene rings is 1. The monoisotopic (exact) mass is 366 g/mol. The summed E-state index contributed by atoms with van der Waals surface area (Å²) in [6, 6.07) is 4.06. The first-order chi connectivity index (χ1) is 11.7. The smallest absolute Gasteiger partial charge is 0.275 e. The molecule has 2 aromatic heterocycles. The minimum absolute atomic E-state index is 0.127. The van der Waals surface area contributed by atoms with Crippen molar-refractivity contribution >= 4 is 29.0 Å². The van der Waals surface area contributed by atoms with Gasteiger partial charge in [0.05, 0.1) is 25.6 Å². The summed E-state index contributed by atoms with van der Waals surface area (Å²) in [4.78, 5) is 14.7. The average molecular weight is 367 g/mol. The van der Waals surface area contributed by atoms with Gasteiger partial charge in [0.2, 0.25) is 0 Å². The van der Waals surface area contributed by atoms with E-state index in [4.69, 9.17) is 0 Å². The molecule has 3 heterocycles. The molecule has 24 heavy (non-hydrogen) atoms. The van der Waals surface area contributed by atoms with Crippen molar-refractivity contribution in [3.8, 4) is 0 Å². The Labute approximate surface area is 150 Å². The quantitative estimate of drug-likeness (QED) is 0.738. The molecule has 0 aromatic carbocycles. The zero-order valence-corrected chi connectivity index (χ0v) is 15.8. The molecule has 0 spiro atoms. The van der Waals surface area contributed by atoms with Crippen molar-refractivity contribution in [3.05, 3.63) is 28.2 Å². The number of quaternary nitrogens is 1. The Bertz CT molecular complexity index is 670. The summed E-state index contributed by atoms with van der Waals surface area (Å²) in [7, 11) is 2.03. The molecule has 0 radical (unpaired) electrons. The lowest BCUT2D eigenvalue weighted by Gasteiger charge is -2.28. The highest BCUT2D eigenvalue weighted by Crippen LogP contribution is 2.22. The van der Waals surface area contributed by atoms with Crippen LogP contribution in [0.25, 0.3) is 0 Å². The molecule has 0 saturated carbocycles. The van der Waals surface area contributed by atoms with Crippen LogP contribution >= 0.6 is 23.1 Å². The van der Waals surface area contributed by atoms with Gasteiger partial charge in [0.1, 0.15) is 5.82 Å². The molecule has 8 heteroatoms. The van der Waals surface area contributed by atoms with E-state index in [0.29, 0.717) is 19.0 Å². The van der Waals surface area contributed by atoms with Crippen LogP contribution in [0.5, 0.6) is 0 Å². The third-order valence-electron chi connectivity index (χ3n) is 4.48. The van der Waals surface area contributed by atoms with Crippen molar-refractivity contribution in [2.24, 2.45) is 7.05 Å². The van der Waals surface area contributed by atoms with Crippen molar-refractivity contribution in [2.75, 3.05) is 25.9 Å². The average Bonchev–Trinajstić information content (AvgIpc) is 3.22. The van der Waals surface area contributed by atoms with E-state index in [1.807, 2.05) is 30.8 Å². The molecule has 2 N–H and O–H groups in total. The number of hydrogen-bond acceptors (Lipinski definition) is 5. The van der Waals surface area contributed by atoms with Gasteiger partial charge in [-0.1, -0.05) is 17.8 Å². The third kappa shape index (κ3) is 4.17. The second-order valence-electron chi connectivity index (χ2n) is 6.18. The summed E-state index contributed by atoms with van der Waals surface area (Å²) in [5.41, 5.74) is 0. The second-order valence-corrected chi connectivity index (χ2v) is 7.99. The Morgan fingerprint density at radius 1 is 1.54 bits per heavy atom. The van der Waals surface area contributed by atoms with E-state index in [-0.39, 0.29) is 5.91 Å². The maximum atomic E-state index is 12.2. The van der Waals surface area contributed by atoms with Gasteiger partial charge < -0.3 is 14.8 Å². The number of aromatic nitrogens is 3. The maximum absolute atomic E-state index is 12.2. The molecule has 2 aromatic rings. The maximum Gasteiger partial charge on any atom is 0.275 e. The fourth-order valence-electron chi connectivity index (χ4n) is 3.28. The van der Waals surface area contributed by atoms with Crippen LogP contribution in [0.4, 0.5) is 0 Å². The van der Waals surface area contributed by atoms with E-state index in [9.17, 15) is 4.79 Å². The standard InChI is InChI=1S/C16H23N5OS2/c1-20-15(18-19-16(20)23-2)12-5-3-7-21(10-12)11-14(22)17-9-13-6-4-8-24-13/h4,6,8,12H,3,5,7,9-11H2,1-2H3,(H,17,22)/p+1/t12-/m1/s1. The highest BCUT2D eigenvalue weighted by atomic mass is 32.2. The molecule has 1 fully saturated rings. The molecule has 6 nitrogen and oxygen atoms in total. The van der Waals surface area contributed by atoms with E-state index in [2.05, 4.69) is 20.1 Å². The predicted octanol–water partition coefficient (Wildman–Crippen LogP) is 0.677. The normalized spacial score (nSPS) is 20.9. The molecule has 1 amide bonds. The van der Waals surface area contributed by atoms with Crippen molar-refractivity contribution in [1.29, 1.82) is 0 Å². The number of carbonyl (C=O) groups excluding carboxylic acids is 1. The lowest BCUT2D eigenvalue weighted by molar-refractivity contribution is -0.898. The zero-order valence-electron chi connectivity index (χ0n) is 14.1. The first kappa shape index (κ1) is 17.4. The Hall–Kier alpha value is -1.38. The number of amides is 1. The summed E-state index contributed by atoms with van der Waals surface area (Å²) < 4.78 is 2.09. The highest BCUT2D eigenvalue weighted by Gasteiger charge is 2.29. The summed E-state index contributed by atoms with van der Waals surface area (Å²) in [6.45, 7) is 3.17. The Morgan fingerprint density at radius 2 is 2.42 bits per heavy atom. The van der Waals surface area contributed by atoms with Crippen LogP contribution < -0.4 is 10.2 Å². The fourth-order valence-corrected chi connectivity index (χ4v) is 4.41. The van der Waals surface area contributed by atoms with Crippen LogP contribution in [-0.2, 0) is 18.4 Å². The van der Waals surface area contributed by atoms with Gasteiger partial charge in [0.15, 0.2) is 11.7 Å². The van der Waals surface area contributed by atoms with E-state index >= 15 is 0 Å². The first-order valence-corrected chi connectivity index (χ1v) is 10.3. The molecular formula is C16H24N5OS2+. The molecule has 0 bridgehead atoms. The van der Waals surface area contributed by atoms with Gasteiger partial charge in [0.25, 0.3) is 5.91 Å². The lowest BCUT2D eigenvalue weighted by Crippen LogP contribution is -3.14. The van der Waals surface area contributed by atoms with Crippen molar-refractivity contribution in [1.82, 2.24) is 20.1 Å². The van der Waals surface area contributed by atoms with Crippen LogP contribution in [0, 0.1) is 0 Å². The molecule has 3 rings (SSSR count). The predicted molar refractivity (Wildman–Crippen MR) is 96.5 cm³/mol. The number of thioether (sulfide) groups is 1. The van der Waals surface area contributed by atoms with Gasteiger partial charge >= 0.3 is 0 Å². The Morgan fingerprint density at radius 3 is 3.12 bits per heavy atom. The molecule has 1 unspecified atom stereocenters. The minimum atomic E-state index is 0.127. The number of piperidine rings is 1. The Balaban J connectivity index is 1.53. The van der Waals surface area contributed by atoms with Crippen LogP contribution in [0.15, 0.2) is 22.7 Å². The van der Waals surface area contributed by atoms with Crippen molar-refractivity contribution < 1.29 is 9.69 Å². The van der Waals surface area contributed by atoms with Crippen LogP contribution in [0.1, 0.15) is 29.5 Å². The van der Waals surface area contributed by atoms with E-state index in [1.54, 1.807) is 23.1 Å². The van der Waals surface area contributed by atoms with E-state index < -0.39 is 0 Å². The van der Waals surface area contributed by atoms with Crippen LogP contribution in [0.3, 0.4) is 0 Å². The van der Waals surface area contributed by atoms with E-state index in [1.165, 1.54) is 9.78 Å². The van der Waals surface area contributed by atoms with Gasteiger partial charge in [-0.15, -0.1) is 21.5 Å². The molecule has 2 atom stereocenters. The number of nitrogens with zero attached hydrogens (tertiary/aromatic N) is 3. The molecule has 130 valence electrons. The van der Waals surface area contributed by atoms with Gasteiger partial charge in [-0.2, -0.15) is 0 Å². The molecule has 1 aliphatic heterocycles. The summed E-state index contributed by atoms with van der Waals surface area (Å²) in [6.07, 6.45) is 4.27. The number of carbonyl (C=O) groups is 1. The third-order valence-corrected chi connectivity index (χ3v) is 6.08. The summed E-state index contributed by atoms with van der Waals surface area (Å²) >= 11 is 3.29. The lowest BCUT2D eigenvalue weighted by atomic mass is 9.97. The second kappa shape index (κ2) is 8.13. The summed E-state index contributed by atoms with van der Waals surface area (Å²) in [5, 5.41) is 14.6. The van der Waals surface area contributed by atoms with Gasteiger partial charge in [-0.25, -0.2) is 0 Å². The molecular weight excluding hydrogens is 342 g/mol. The topological polar surface area (TPSA) is 64.2 Å². The molecule has 1 aliphatic rings. The molecule has 0 aliphatic carbocycles.